The summed E-state index contributed by atoms with van der Waals surface area (Å²) in [6, 6.07) is 2.94. The predicted molar refractivity (Wildman–Crippen MR) is 54.7 cm³/mol. The zero-order chi connectivity index (χ0) is 10.3. The third-order valence-corrected chi connectivity index (χ3v) is 2.98. The first-order chi connectivity index (χ1) is 6.59. The topological polar surface area (TPSA) is 29.1 Å². The van der Waals surface area contributed by atoms with Gasteiger partial charge in [0.25, 0.3) is 5.91 Å². The Labute approximate surface area is 89.6 Å². The first-order valence-corrected chi connectivity index (χ1v) is 5.16. The van der Waals surface area contributed by atoms with Crippen molar-refractivity contribution in [1.29, 1.82) is 0 Å². The summed E-state index contributed by atoms with van der Waals surface area (Å²) in [5.74, 6) is -0.505. The van der Waals surface area contributed by atoms with Crippen LogP contribution < -0.4 is 5.32 Å². The Hall–Kier alpha value is -0.900. The molecule has 0 aliphatic carbocycles. The smallest absolute Gasteiger partial charge is 0.253 e. The molecule has 1 aliphatic heterocycles. The number of carbonyl (C=O) groups is 1. The molecule has 1 heterocycles. The van der Waals surface area contributed by atoms with E-state index in [0.717, 1.165) is 0 Å². The number of halogens is 2. The summed E-state index contributed by atoms with van der Waals surface area (Å²) in [4.78, 5) is 11.6. The quantitative estimate of drug-likeness (QED) is 0.759. The number of hydrogen-bond acceptors (Lipinski definition) is 1. The maximum atomic E-state index is 13.4. The van der Waals surface area contributed by atoms with Crippen molar-refractivity contribution >= 4 is 21.8 Å². The van der Waals surface area contributed by atoms with Crippen LogP contribution in [0.3, 0.4) is 0 Å². The van der Waals surface area contributed by atoms with Gasteiger partial charge < -0.3 is 5.32 Å². The van der Waals surface area contributed by atoms with Gasteiger partial charge in [-0.1, -0.05) is 0 Å². The minimum absolute atomic E-state index is 0.00111. The lowest BCUT2D eigenvalue weighted by Crippen LogP contribution is -2.40. The summed E-state index contributed by atoms with van der Waals surface area (Å²) in [5.41, 5.74) is 0.943. The van der Waals surface area contributed by atoms with Crippen molar-refractivity contribution in [2.24, 2.45) is 0 Å². The molecule has 1 atom stereocenters. The van der Waals surface area contributed by atoms with E-state index in [9.17, 15) is 9.18 Å². The van der Waals surface area contributed by atoms with Crippen LogP contribution in [-0.4, -0.2) is 11.9 Å². The largest absolute Gasteiger partial charge is 0.349 e. The average Bonchev–Trinajstić information content (AvgIpc) is 2.10. The molecule has 1 amide bonds. The standard InChI is InChI=1S/C10H9BrFNO/c1-5-4-6-8(12)3-2-7(11)9(6)10(14)13-5/h2-3,5H,4H2,1H3,(H,13,14). The maximum absolute atomic E-state index is 13.4. The molecular weight excluding hydrogens is 249 g/mol. The van der Waals surface area contributed by atoms with Crippen LogP contribution in [0.4, 0.5) is 4.39 Å². The molecule has 1 aromatic carbocycles. The van der Waals surface area contributed by atoms with E-state index in [1.807, 2.05) is 6.92 Å². The Kier molecular flexibility index (Phi) is 2.31. The van der Waals surface area contributed by atoms with Crippen LogP contribution in [-0.2, 0) is 6.42 Å². The Morgan fingerprint density at radius 3 is 3.00 bits per heavy atom. The van der Waals surface area contributed by atoms with Gasteiger partial charge in [0, 0.05) is 16.1 Å². The molecule has 74 valence electrons. The maximum Gasteiger partial charge on any atom is 0.253 e. The lowest BCUT2D eigenvalue weighted by Gasteiger charge is -2.23. The first-order valence-electron chi connectivity index (χ1n) is 4.37. The normalized spacial score (nSPS) is 20.2. The van der Waals surface area contributed by atoms with Gasteiger partial charge in [-0.15, -0.1) is 0 Å². The Bertz CT molecular complexity index is 405. The summed E-state index contributed by atoms with van der Waals surface area (Å²) in [5, 5.41) is 2.77. The zero-order valence-corrected chi connectivity index (χ0v) is 9.19. The molecule has 0 saturated carbocycles. The predicted octanol–water partition coefficient (Wildman–Crippen LogP) is 2.26. The molecule has 2 nitrogen and oxygen atoms in total. The average molecular weight is 258 g/mol. The molecule has 1 N–H and O–H groups in total. The number of nitrogens with one attached hydrogen (secondary N) is 1. The van der Waals surface area contributed by atoms with Crippen LogP contribution in [0.1, 0.15) is 22.8 Å². The molecule has 2 rings (SSSR count). The van der Waals surface area contributed by atoms with Crippen molar-refractivity contribution in [1.82, 2.24) is 5.32 Å². The number of rotatable bonds is 0. The second-order valence-corrected chi connectivity index (χ2v) is 4.32. The SMILES string of the molecule is CC1Cc2c(F)ccc(Br)c2C(=O)N1. The highest BCUT2D eigenvalue weighted by atomic mass is 79.9. The second-order valence-electron chi connectivity index (χ2n) is 3.46. The summed E-state index contributed by atoms with van der Waals surface area (Å²) in [7, 11) is 0. The Morgan fingerprint density at radius 2 is 2.29 bits per heavy atom. The molecule has 1 unspecified atom stereocenters. The summed E-state index contributed by atoms with van der Waals surface area (Å²) in [6.07, 6.45) is 0.548. The minimum Gasteiger partial charge on any atom is -0.349 e. The number of carbonyl (C=O) groups excluding carboxylic acids is 1. The van der Waals surface area contributed by atoms with E-state index >= 15 is 0 Å². The van der Waals surface area contributed by atoms with Crippen molar-refractivity contribution in [3.63, 3.8) is 0 Å². The number of hydrogen-bond donors (Lipinski definition) is 1. The zero-order valence-electron chi connectivity index (χ0n) is 7.60. The van der Waals surface area contributed by atoms with E-state index in [4.69, 9.17) is 0 Å². The monoisotopic (exact) mass is 257 g/mol. The van der Waals surface area contributed by atoms with Gasteiger partial charge in [-0.05, 0) is 41.4 Å². The third kappa shape index (κ3) is 1.43. The number of amides is 1. The van der Waals surface area contributed by atoms with Gasteiger partial charge in [-0.2, -0.15) is 0 Å². The molecule has 4 heteroatoms. The van der Waals surface area contributed by atoms with Crippen molar-refractivity contribution in [2.45, 2.75) is 19.4 Å². The van der Waals surface area contributed by atoms with Crippen LogP contribution in [0.5, 0.6) is 0 Å². The van der Waals surface area contributed by atoms with Crippen LogP contribution >= 0.6 is 15.9 Å². The van der Waals surface area contributed by atoms with E-state index in [-0.39, 0.29) is 17.8 Å². The number of fused-ring (bicyclic) bond motifs is 1. The molecule has 0 spiro atoms. The highest BCUT2D eigenvalue weighted by Crippen LogP contribution is 2.27. The van der Waals surface area contributed by atoms with Gasteiger partial charge in [0.05, 0.1) is 5.56 Å². The molecule has 1 aliphatic rings. The van der Waals surface area contributed by atoms with Gasteiger partial charge in [0.15, 0.2) is 0 Å². The molecule has 14 heavy (non-hydrogen) atoms. The van der Waals surface area contributed by atoms with Crippen molar-refractivity contribution in [3.05, 3.63) is 33.5 Å². The second kappa shape index (κ2) is 3.35. The van der Waals surface area contributed by atoms with Crippen molar-refractivity contribution in [3.8, 4) is 0 Å². The Morgan fingerprint density at radius 1 is 1.57 bits per heavy atom. The molecule has 1 aromatic rings. The molecule has 0 bridgehead atoms. The lowest BCUT2D eigenvalue weighted by molar-refractivity contribution is 0.0927. The van der Waals surface area contributed by atoms with Crippen LogP contribution in [0.2, 0.25) is 0 Å². The number of benzene rings is 1. The molecule has 0 fully saturated rings. The fourth-order valence-corrected chi connectivity index (χ4v) is 2.24. The van der Waals surface area contributed by atoms with Gasteiger partial charge >= 0.3 is 0 Å². The lowest BCUT2D eigenvalue weighted by atomic mass is 9.95. The van der Waals surface area contributed by atoms with Crippen molar-refractivity contribution < 1.29 is 9.18 Å². The summed E-state index contributed by atoms with van der Waals surface area (Å²) < 4.78 is 14.0. The molecule has 0 aromatic heterocycles. The fourth-order valence-electron chi connectivity index (χ4n) is 1.69. The van der Waals surface area contributed by atoms with Gasteiger partial charge in [-0.3, -0.25) is 4.79 Å². The third-order valence-electron chi connectivity index (χ3n) is 2.32. The van der Waals surface area contributed by atoms with Crippen LogP contribution in [0.25, 0.3) is 0 Å². The van der Waals surface area contributed by atoms with Gasteiger partial charge in [-0.25, -0.2) is 4.39 Å². The fraction of sp³-hybridized carbons (Fsp3) is 0.300. The highest BCUT2D eigenvalue weighted by molar-refractivity contribution is 9.10. The van der Waals surface area contributed by atoms with Crippen LogP contribution in [0, 0.1) is 5.82 Å². The van der Waals surface area contributed by atoms with E-state index in [1.54, 1.807) is 6.07 Å². The van der Waals surface area contributed by atoms with E-state index in [0.29, 0.717) is 22.0 Å². The molecule has 0 saturated heterocycles. The molecule has 0 radical (unpaired) electrons. The van der Waals surface area contributed by atoms with Gasteiger partial charge in [0.2, 0.25) is 0 Å². The summed E-state index contributed by atoms with van der Waals surface area (Å²) >= 11 is 3.25. The van der Waals surface area contributed by atoms with E-state index < -0.39 is 0 Å². The van der Waals surface area contributed by atoms with E-state index in [1.165, 1.54) is 6.07 Å². The molecular formula is C10H9BrFNO. The Balaban J connectivity index is 2.63. The highest BCUT2D eigenvalue weighted by Gasteiger charge is 2.26. The van der Waals surface area contributed by atoms with Crippen molar-refractivity contribution in [2.75, 3.05) is 0 Å². The van der Waals surface area contributed by atoms with Crippen LogP contribution in [0.15, 0.2) is 16.6 Å². The van der Waals surface area contributed by atoms with Gasteiger partial charge in [0.1, 0.15) is 5.82 Å². The summed E-state index contributed by atoms with van der Waals surface area (Å²) in [6.45, 7) is 1.86. The minimum atomic E-state index is -0.301. The first kappa shape index (κ1) is 9.65. The van der Waals surface area contributed by atoms with E-state index in [2.05, 4.69) is 21.2 Å².